The predicted octanol–water partition coefficient (Wildman–Crippen LogP) is 4.15. The van der Waals surface area contributed by atoms with Gasteiger partial charge in [0.25, 0.3) is 0 Å². The van der Waals surface area contributed by atoms with E-state index < -0.39 is 5.97 Å². The van der Waals surface area contributed by atoms with Crippen LogP contribution in [0.25, 0.3) is 6.08 Å². The normalized spacial score (nSPS) is 11.2. The van der Waals surface area contributed by atoms with Gasteiger partial charge in [-0.2, -0.15) is 0 Å². The molecule has 0 spiro atoms. The van der Waals surface area contributed by atoms with Gasteiger partial charge in [0.1, 0.15) is 6.29 Å². The molecule has 0 aliphatic carbocycles. The maximum absolute atomic E-state index is 12.2. The minimum absolute atomic E-state index is 0.111. The maximum Gasteiger partial charge on any atom is 0.343 e. The average Bonchev–Trinajstić information content (AvgIpc) is 2.60. The molecule has 0 fully saturated rings. The Balaban J connectivity index is 2.33. The van der Waals surface area contributed by atoms with E-state index in [1.54, 1.807) is 42.5 Å². The molecule has 0 aliphatic rings. The van der Waals surface area contributed by atoms with Crippen molar-refractivity contribution >= 4 is 18.3 Å². The fourth-order valence-corrected chi connectivity index (χ4v) is 2.13. The van der Waals surface area contributed by atoms with Gasteiger partial charge in [0, 0.05) is 0 Å². The Hall–Kier alpha value is -2.88. The number of esters is 1. The van der Waals surface area contributed by atoms with Crippen LogP contribution in [0.4, 0.5) is 0 Å². The zero-order valence-corrected chi connectivity index (χ0v) is 14.0. The third-order valence-electron chi connectivity index (χ3n) is 3.54. The molecular formula is C20H20O4. The monoisotopic (exact) mass is 324 g/mol. The third-order valence-corrected chi connectivity index (χ3v) is 3.54. The van der Waals surface area contributed by atoms with Gasteiger partial charge in [0.15, 0.2) is 11.5 Å². The predicted molar refractivity (Wildman–Crippen MR) is 93.3 cm³/mol. The van der Waals surface area contributed by atoms with E-state index in [0.717, 1.165) is 11.8 Å². The van der Waals surface area contributed by atoms with Crippen LogP contribution < -0.4 is 9.47 Å². The Bertz CT molecular complexity index is 745. The molecule has 0 aromatic heterocycles. The van der Waals surface area contributed by atoms with E-state index in [1.165, 1.54) is 7.11 Å². The van der Waals surface area contributed by atoms with Crippen LogP contribution in [0.2, 0.25) is 0 Å². The second kappa shape index (κ2) is 8.11. The van der Waals surface area contributed by atoms with Gasteiger partial charge in [0.2, 0.25) is 0 Å². The summed E-state index contributed by atoms with van der Waals surface area (Å²) < 4.78 is 10.7. The molecule has 0 saturated heterocycles. The molecule has 24 heavy (non-hydrogen) atoms. The summed E-state index contributed by atoms with van der Waals surface area (Å²) in [5.41, 5.74) is 1.89. The van der Waals surface area contributed by atoms with E-state index in [2.05, 4.69) is 0 Å². The summed E-state index contributed by atoms with van der Waals surface area (Å²) in [4.78, 5) is 23.4. The van der Waals surface area contributed by atoms with Crippen molar-refractivity contribution < 1.29 is 19.1 Å². The van der Waals surface area contributed by atoms with Crippen molar-refractivity contribution in [3.63, 3.8) is 0 Å². The first kappa shape index (κ1) is 17.5. The summed E-state index contributed by atoms with van der Waals surface area (Å²) in [6, 6.07) is 13.9. The van der Waals surface area contributed by atoms with Crippen molar-refractivity contribution in [1.29, 1.82) is 0 Å². The van der Waals surface area contributed by atoms with Crippen molar-refractivity contribution in [2.45, 2.75) is 13.8 Å². The van der Waals surface area contributed by atoms with E-state index >= 15 is 0 Å². The number of methoxy groups -OCH3 is 1. The van der Waals surface area contributed by atoms with Crippen LogP contribution in [0.15, 0.2) is 54.1 Å². The number of benzene rings is 2. The lowest BCUT2D eigenvalue weighted by molar-refractivity contribution is -0.105. The molecule has 2 rings (SSSR count). The lowest BCUT2D eigenvalue weighted by Crippen LogP contribution is -2.09. The molecule has 4 heteroatoms. The summed E-state index contributed by atoms with van der Waals surface area (Å²) in [5, 5.41) is 0. The zero-order valence-electron chi connectivity index (χ0n) is 14.0. The minimum Gasteiger partial charge on any atom is -0.493 e. The molecule has 0 N–H and O–H groups in total. The lowest BCUT2D eigenvalue weighted by atomic mass is 10.0. The molecule has 0 saturated carbocycles. The van der Waals surface area contributed by atoms with Crippen LogP contribution in [0.5, 0.6) is 11.5 Å². The van der Waals surface area contributed by atoms with E-state index in [-0.39, 0.29) is 5.92 Å². The zero-order chi connectivity index (χ0) is 17.5. The Morgan fingerprint density at radius 2 is 1.75 bits per heavy atom. The van der Waals surface area contributed by atoms with Crippen molar-refractivity contribution in [3.8, 4) is 11.5 Å². The maximum atomic E-state index is 12.2. The number of aldehydes is 1. The van der Waals surface area contributed by atoms with Crippen LogP contribution >= 0.6 is 0 Å². The van der Waals surface area contributed by atoms with Gasteiger partial charge in [-0.3, -0.25) is 4.79 Å². The fraction of sp³-hybridized carbons (Fsp3) is 0.200. The molecule has 0 atom stereocenters. The molecule has 0 amide bonds. The smallest absolute Gasteiger partial charge is 0.343 e. The van der Waals surface area contributed by atoms with Crippen LogP contribution in [0.3, 0.4) is 0 Å². The fourth-order valence-electron chi connectivity index (χ4n) is 2.13. The number of allylic oxidation sites excluding steroid dienone is 1. The van der Waals surface area contributed by atoms with Gasteiger partial charge in [-0.15, -0.1) is 0 Å². The number of carbonyl (C=O) groups excluding carboxylic acids is 2. The highest BCUT2D eigenvalue weighted by atomic mass is 16.6. The highest BCUT2D eigenvalue weighted by Crippen LogP contribution is 2.30. The minimum atomic E-state index is -0.463. The first-order valence-corrected chi connectivity index (χ1v) is 7.67. The Labute approximate surface area is 141 Å². The van der Waals surface area contributed by atoms with Gasteiger partial charge in [-0.1, -0.05) is 38.1 Å². The number of hydrogen-bond donors (Lipinski definition) is 0. The van der Waals surface area contributed by atoms with E-state index in [4.69, 9.17) is 9.47 Å². The van der Waals surface area contributed by atoms with Crippen molar-refractivity contribution in [1.82, 2.24) is 0 Å². The summed E-state index contributed by atoms with van der Waals surface area (Å²) in [6.07, 6.45) is 2.61. The molecule has 0 radical (unpaired) electrons. The summed E-state index contributed by atoms with van der Waals surface area (Å²) in [6.45, 7) is 3.89. The Morgan fingerprint density at radius 1 is 1.04 bits per heavy atom. The van der Waals surface area contributed by atoms with Gasteiger partial charge in [-0.25, -0.2) is 4.79 Å². The second-order valence-corrected chi connectivity index (χ2v) is 5.58. The highest BCUT2D eigenvalue weighted by Gasteiger charge is 2.13. The lowest BCUT2D eigenvalue weighted by Gasteiger charge is -2.11. The molecule has 0 bridgehead atoms. The quantitative estimate of drug-likeness (QED) is 0.347. The summed E-state index contributed by atoms with van der Waals surface area (Å²) in [7, 11) is 1.51. The topological polar surface area (TPSA) is 52.6 Å². The largest absolute Gasteiger partial charge is 0.493 e. The molecule has 0 unspecified atom stereocenters. The molecule has 0 aliphatic heterocycles. The standard InChI is InChI=1S/C20H20O4/c1-14(2)17(13-21)11-15-9-10-18(23-3)19(12-15)24-20(22)16-7-5-4-6-8-16/h4-14H,1-3H3/b17-11+. The van der Waals surface area contributed by atoms with Crippen molar-refractivity contribution in [3.05, 3.63) is 65.2 Å². The number of hydrogen-bond acceptors (Lipinski definition) is 4. The van der Waals surface area contributed by atoms with Gasteiger partial charge >= 0.3 is 5.97 Å². The van der Waals surface area contributed by atoms with Gasteiger partial charge in [-0.05, 0) is 47.4 Å². The van der Waals surface area contributed by atoms with Crippen LogP contribution in [-0.2, 0) is 4.79 Å². The molecule has 2 aromatic rings. The molecule has 4 nitrogen and oxygen atoms in total. The first-order valence-electron chi connectivity index (χ1n) is 7.67. The third kappa shape index (κ3) is 4.32. The average molecular weight is 324 g/mol. The first-order chi connectivity index (χ1) is 11.5. The number of carbonyl (C=O) groups is 2. The molecular weight excluding hydrogens is 304 g/mol. The molecule has 0 heterocycles. The van der Waals surface area contributed by atoms with Crippen LogP contribution in [-0.4, -0.2) is 19.4 Å². The van der Waals surface area contributed by atoms with Crippen LogP contribution in [0.1, 0.15) is 29.8 Å². The van der Waals surface area contributed by atoms with E-state index in [0.29, 0.717) is 22.6 Å². The highest BCUT2D eigenvalue weighted by molar-refractivity contribution is 5.91. The second-order valence-electron chi connectivity index (χ2n) is 5.58. The summed E-state index contributed by atoms with van der Waals surface area (Å²) in [5.74, 6) is 0.414. The van der Waals surface area contributed by atoms with Crippen molar-refractivity contribution in [2.24, 2.45) is 5.92 Å². The number of rotatable bonds is 6. The van der Waals surface area contributed by atoms with Gasteiger partial charge < -0.3 is 9.47 Å². The van der Waals surface area contributed by atoms with Crippen molar-refractivity contribution in [2.75, 3.05) is 7.11 Å². The molecule has 2 aromatic carbocycles. The summed E-state index contributed by atoms with van der Waals surface area (Å²) >= 11 is 0. The van der Waals surface area contributed by atoms with Crippen LogP contribution in [0, 0.1) is 5.92 Å². The SMILES string of the molecule is COc1ccc(/C=C(\C=O)C(C)C)cc1OC(=O)c1ccccc1. The van der Waals surface area contributed by atoms with E-state index in [9.17, 15) is 9.59 Å². The van der Waals surface area contributed by atoms with Gasteiger partial charge in [0.05, 0.1) is 12.7 Å². The molecule has 124 valence electrons. The number of ether oxygens (including phenoxy) is 2. The Morgan fingerprint density at radius 3 is 2.33 bits per heavy atom. The Kier molecular flexibility index (Phi) is 5.90. The van der Waals surface area contributed by atoms with E-state index in [1.807, 2.05) is 26.0 Å².